The van der Waals surface area contributed by atoms with Crippen molar-refractivity contribution >= 4 is 29.9 Å². The summed E-state index contributed by atoms with van der Waals surface area (Å²) < 4.78 is 0. The van der Waals surface area contributed by atoms with Gasteiger partial charge in [0.15, 0.2) is 5.96 Å². The number of guanidine groups is 1. The van der Waals surface area contributed by atoms with Crippen LogP contribution in [0.25, 0.3) is 0 Å². The Balaban J connectivity index is 0.00000261. The van der Waals surface area contributed by atoms with Crippen molar-refractivity contribution in [1.82, 2.24) is 15.5 Å². The first-order valence-corrected chi connectivity index (χ1v) is 10.1. The maximum atomic E-state index is 10.3. The molecule has 1 aromatic rings. The predicted molar refractivity (Wildman–Crippen MR) is 123 cm³/mol. The van der Waals surface area contributed by atoms with Crippen molar-refractivity contribution in [3.63, 3.8) is 0 Å². The molecule has 3 rings (SSSR count). The quantitative estimate of drug-likeness (QED) is 0.329. The Labute approximate surface area is 181 Å². The van der Waals surface area contributed by atoms with E-state index >= 15 is 0 Å². The van der Waals surface area contributed by atoms with Crippen LogP contribution in [0.1, 0.15) is 50.2 Å². The van der Waals surface area contributed by atoms with E-state index in [1.807, 2.05) is 0 Å². The van der Waals surface area contributed by atoms with Crippen LogP contribution in [0.5, 0.6) is 0 Å². The van der Waals surface area contributed by atoms with Crippen LogP contribution in [-0.2, 0) is 6.54 Å². The average molecular weight is 486 g/mol. The van der Waals surface area contributed by atoms with Gasteiger partial charge in [-0.05, 0) is 51.5 Å². The number of aryl methyl sites for hydroxylation is 1. The van der Waals surface area contributed by atoms with Crippen LogP contribution in [-0.4, -0.2) is 53.8 Å². The van der Waals surface area contributed by atoms with E-state index in [9.17, 15) is 5.11 Å². The molecule has 0 spiro atoms. The van der Waals surface area contributed by atoms with Gasteiger partial charge in [0.1, 0.15) is 0 Å². The highest BCUT2D eigenvalue weighted by Gasteiger charge is 2.34. The Hall–Kier alpha value is -0.860. The maximum Gasteiger partial charge on any atom is 0.191 e. The number of nitrogens with one attached hydrogen (secondary N) is 2. The summed E-state index contributed by atoms with van der Waals surface area (Å²) in [7, 11) is 0. The van der Waals surface area contributed by atoms with Gasteiger partial charge in [-0.15, -0.1) is 24.0 Å². The second kappa shape index (κ2) is 10.6. The van der Waals surface area contributed by atoms with E-state index in [-0.39, 0.29) is 24.0 Å². The van der Waals surface area contributed by atoms with E-state index in [1.165, 1.54) is 11.1 Å². The number of aliphatic imine (C=N–C) groups is 1. The molecule has 0 amide bonds. The van der Waals surface area contributed by atoms with Crippen molar-refractivity contribution < 1.29 is 5.11 Å². The lowest BCUT2D eigenvalue weighted by Crippen LogP contribution is -2.49. The Morgan fingerprint density at radius 2 is 2.04 bits per heavy atom. The van der Waals surface area contributed by atoms with Gasteiger partial charge >= 0.3 is 0 Å². The molecule has 0 radical (unpaired) electrons. The molecule has 152 valence electrons. The molecule has 1 saturated heterocycles. The van der Waals surface area contributed by atoms with Gasteiger partial charge in [0.25, 0.3) is 0 Å². The van der Waals surface area contributed by atoms with Crippen LogP contribution in [0.15, 0.2) is 29.3 Å². The zero-order valence-electron chi connectivity index (χ0n) is 16.7. The van der Waals surface area contributed by atoms with Crippen LogP contribution in [0, 0.1) is 6.92 Å². The number of halogens is 1. The highest BCUT2D eigenvalue weighted by molar-refractivity contribution is 14.0. The molecule has 5 nitrogen and oxygen atoms in total. The molecule has 0 atom stereocenters. The van der Waals surface area contributed by atoms with E-state index in [2.05, 4.69) is 58.6 Å². The number of aliphatic hydroxyl groups is 1. The second-order valence-electron chi connectivity index (χ2n) is 7.96. The average Bonchev–Trinajstić information content (AvgIpc) is 2.60. The molecule has 3 N–H and O–H groups in total. The van der Waals surface area contributed by atoms with Gasteiger partial charge in [-0.3, -0.25) is 9.89 Å². The molecule has 2 fully saturated rings. The van der Waals surface area contributed by atoms with E-state index < -0.39 is 5.60 Å². The van der Waals surface area contributed by atoms with Crippen molar-refractivity contribution in [2.24, 2.45) is 4.99 Å². The monoisotopic (exact) mass is 486 g/mol. The molecular weight excluding hydrogens is 451 g/mol. The van der Waals surface area contributed by atoms with Gasteiger partial charge in [-0.1, -0.05) is 29.8 Å². The SMILES string of the molecule is CCNC(=NCC1(O)CCC1)NC1CCN(Cc2cccc(C)c2)CC1.I. The molecule has 1 aromatic carbocycles. The Kier molecular flexibility index (Phi) is 8.82. The summed E-state index contributed by atoms with van der Waals surface area (Å²) in [6.07, 6.45) is 5.14. The van der Waals surface area contributed by atoms with E-state index in [0.29, 0.717) is 12.6 Å². The highest BCUT2D eigenvalue weighted by Crippen LogP contribution is 2.31. The van der Waals surface area contributed by atoms with Gasteiger partial charge in [0.05, 0.1) is 12.1 Å². The summed E-state index contributed by atoms with van der Waals surface area (Å²) in [4.78, 5) is 7.16. The fraction of sp³-hybridized carbons (Fsp3) is 0.667. The molecule has 1 aliphatic carbocycles. The van der Waals surface area contributed by atoms with Crippen LogP contribution < -0.4 is 10.6 Å². The molecular formula is C21H35IN4O. The van der Waals surface area contributed by atoms with Crippen molar-refractivity contribution in [3.8, 4) is 0 Å². The predicted octanol–water partition coefficient (Wildman–Crippen LogP) is 3.05. The minimum absolute atomic E-state index is 0. The van der Waals surface area contributed by atoms with Crippen molar-refractivity contribution in [1.29, 1.82) is 0 Å². The smallest absolute Gasteiger partial charge is 0.191 e. The van der Waals surface area contributed by atoms with Gasteiger partial charge in [0, 0.05) is 32.2 Å². The molecule has 2 aliphatic rings. The highest BCUT2D eigenvalue weighted by atomic mass is 127. The summed E-state index contributed by atoms with van der Waals surface area (Å²) in [5.74, 6) is 0.852. The van der Waals surface area contributed by atoms with Crippen LogP contribution in [0.4, 0.5) is 0 Å². The number of hydrogen-bond acceptors (Lipinski definition) is 3. The number of rotatable bonds is 6. The van der Waals surface area contributed by atoms with E-state index in [4.69, 9.17) is 0 Å². The summed E-state index contributed by atoms with van der Waals surface area (Å²) >= 11 is 0. The van der Waals surface area contributed by atoms with Gasteiger partial charge < -0.3 is 15.7 Å². The first-order chi connectivity index (χ1) is 12.6. The van der Waals surface area contributed by atoms with Crippen molar-refractivity contribution in [2.75, 3.05) is 26.2 Å². The standard InChI is InChI=1S/C21H34N4O.HI/c1-3-22-20(23-16-21(26)10-5-11-21)24-19-8-12-25(13-9-19)15-18-7-4-6-17(2)14-18;/h4,6-7,14,19,26H,3,5,8-13,15-16H2,1-2H3,(H2,22,23,24);1H. The molecule has 0 bridgehead atoms. The molecule has 1 aliphatic heterocycles. The molecule has 1 saturated carbocycles. The lowest BCUT2D eigenvalue weighted by Gasteiger charge is -2.36. The summed E-state index contributed by atoms with van der Waals surface area (Å²) in [5, 5.41) is 17.2. The van der Waals surface area contributed by atoms with Crippen LogP contribution in [0.2, 0.25) is 0 Å². The Bertz CT molecular complexity index is 610. The van der Waals surface area contributed by atoms with Crippen LogP contribution in [0.3, 0.4) is 0 Å². The topological polar surface area (TPSA) is 59.9 Å². The molecule has 1 heterocycles. The second-order valence-corrected chi connectivity index (χ2v) is 7.96. The summed E-state index contributed by atoms with van der Waals surface area (Å²) in [6, 6.07) is 9.26. The molecule has 6 heteroatoms. The Morgan fingerprint density at radius 1 is 1.30 bits per heavy atom. The zero-order chi connectivity index (χ0) is 18.4. The summed E-state index contributed by atoms with van der Waals surface area (Å²) in [6.45, 7) is 8.84. The largest absolute Gasteiger partial charge is 0.388 e. The minimum Gasteiger partial charge on any atom is -0.388 e. The fourth-order valence-electron chi connectivity index (χ4n) is 3.79. The zero-order valence-corrected chi connectivity index (χ0v) is 19.0. The molecule has 0 unspecified atom stereocenters. The number of piperidine rings is 1. The van der Waals surface area contributed by atoms with E-state index in [1.54, 1.807) is 0 Å². The van der Waals surface area contributed by atoms with Gasteiger partial charge in [-0.2, -0.15) is 0 Å². The van der Waals surface area contributed by atoms with Crippen molar-refractivity contribution in [3.05, 3.63) is 35.4 Å². The third kappa shape index (κ3) is 6.91. The number of hydrogen-bond donors (Lipinski definition) is 3. The lowest BCUT2D eigenvalue weighted by molar-refractivity contribution is -0.0236. The fourth-order valence-corrected chi connectivity index (χ4v) is 3.79. The van der Waals surface area contributed by atoms with Crippen LogP contribution >= 0.6 is 24.0 Å². The van der Waals surface area contributed by atoms with Gasteiger partial charge in [0.2, 0.25) is 0 Å². The minimum atomic E-state index is -0.556. The first kappa shape index (κ1) is 22.4. The number of likely N-dealkylation sites (tertiary alicyclic amines) is 1. The Morgan fingerprint density at radius 3 is 2.63 bits per heavy atom. The first-order valence-electron chi connectivity index (χ1n) is 10.1. The molecule has 0 aromatic heterocycles. The van der Waals surface area contributed by atoms with Gasteiger partial charge in [-0.25, -0.2) is 0 Å². The normalized spacial score (nSPS) is 20.5. The third-order valence-electron chi connectivity index (χ3n) is 5.58. The third-order valence-corrected chi connectivity index (χ3v) is 5.58. The summed E-state index contributed by atoms with van der Waals surface area (Å²) in [5.41, 5.74) is 2.18. The maximum absolute atomic E-state index is 10.3. The number of benzene rings is 1. The molecule has 27 heavy (non-hydrogen) atoms. The van der Waals surface area contributed by atoms with Crippen molar-refractivity contribution in [2.45, 2.75) is 64.1 Å². The number of nitrogens with zero attached hydrogens (tertiary/aromatic N) is 2. The lowest BCUT2D eigenvalue weighted by atomic mass is 9.80. The van der Waals surface area contributed by atoms with E-state index in [0.717, 1.165) is 64.2 Å².